The average Bonchev–Trinajstić information content (AvgIpc) is 2.63. The first-order valence-electron chi connectivity index (χ1n) is 7.84. The number of piperidine rings is 1. The molecule has 0 unspecified atom stereocenters. The van der Waals surface area contributed by atoms with Gasteiger partial charge in [-0.1, -0.05) is 48.5 Å². The summed E-state index contributed by atoms with van der Waals surface area (Å²) < 4.78 is 32.5. The van der Waals surface area contributed by atoms with Crippen LogP contribution in [0.3, 0.4) is 0 Å². The summed E-state index contributed by atoms with van der Waals surface area (Å²) in [4.78, 5) is 0.238. The van der Waals surface area contributed by atoms with Crippen LogP contribution in [-0.4, -0.2) is 44.1 Å². The number of aliphatic hydroxyl groups is 1. The molecule has 0 bridgehead atoms. The zero-order valence-corrected chi connectivity index (χ0v) is 14.3. The molecule has 1 saturated heterocycles. The van der Waals surface area contributed by atoms with Gasteiger partial charge in [-0.25, -0.2) is 8.42 Å². The molecule has 0 saturated carbocycles. The molecule has 1 heterocycles. The fourth-order valence-corrected chi connectivity index (χ4v) is 4.73. The first kappa shape index (κ1) is 17.1. The Kier molecular flexibility index (Phi) is 4.73. The Morgan fingerprint density at radius 3 is 2.21 bits per heavy atom. The Morgan fingerprint density at radius 1 is 1.08 bits per heavy atom. The van der Waals surface area contributed by atoms with Gasteiger partial charge in [0.2, 0.25) is 10.0 Å². The predicted octanol–water partition coefficient (Wildman–Crippen LogP) is 1.98. The number of sulfonamides is 1. The maximum Gasteiger partial charge on any atom is 0.243 e. The second-order valence-corrected chi connectivity index (χ2v) is 7.84. The fraction of sp³-hybridized carbons (Fsp3) is 0.333. The Morgan fingerprint density at radius 2 is 1.67 bits per heavy atom. The lowest BCUT2D eigenvalue weighted by Crippen LogP contribution is -2.55. The van der Waals surface area contributed by atoms with E-state index in [1.165, 1.54) is 4.31 Å². The third kappa shape index (κ3) is 2.86. The molecule has 0 aromatic heterocycles. The van der Waals surface area contributed by atoms with Crippen molar-refractivity contribution in [3.05, 3.63) is 66.2 Å². The van der Waals surface area contributed by atoms with Crippen LogP contribution in [-0.2, 0) is 20.4 Å². The highest BCUT2D eigenvalue weighted by atomic mass is 32.2. The minimum atomic E-state index is -3.62. The summed E-state index contributed by atoms with van der Waals surface area (Å²) in [6.45, 7) is 0.289. The number of rotatable bonds is 4. The van der Waals surface area contributed by atoms with Gasteiger partial charge in [-0.05, 0) is 24.1 Å². The van der Waals surface area contributed by atoms with Gasteiger partial charge in [0.1, 0.15) is 11.7 Å². The van der Waals surface area contributed by atoms with E-state index in [2.05, 4.69) is 0 Å². The molecule has 6 heteroatoms. The molecule has 128 valence electrons. The van der Waals surface area contributed by atoms with E-state index in [-0.39, 0.29) is 18.0 Å². The van der Waals surface area contributed by atoms with Crippen molar-refractivity contribution in [1.29, 1.82) is 0 Å². The van der Waals surface area contributed by atoms with Gasteiger partial charge < -0.3 is 9.84 Å². The van der Waals surface area contributed by atoms with E-state index in [1.807, 2.05) is 30.3 Å². The van der Waals surface area contributed by atoms with Crippen molar-refractivity contribution in [2.45, 2.75) is 23.0 Å². The van der Waals surface area contributed by atoms with Crippen LogP contribution in [0.15, 0.2) is 65.6 Å². The van der Waals surface area contributed by atoms with Crippen LogP contribution >= 0.6 is 0 Å². The van der Waals surface area contributed by atoms with Crippen LogP contribution in [0.2, 0.25) is 0 Å². The molecule has 1 fully saturated rings. The lowest BCUT2D eigenvalue weighted by Gasteiger charge is -2.44. The molecule has 1 aliphatic rings. The number of hydrogen-bond donors (Lipinski definition) is 1. The summed E-state index contributed by atoms with van der Waals surface area (Å²) in [5.74, 6) is 0. The second kappa shape index (κ2) is 6.64. The quantitative estimate of drug-likeness (QED) is 0.918. The molecular formula is C18H21NO4S. The van der Waals surface area contributed by atoms with Crippen molar-refractivity contribution in [2.24, 2.45) is 0 Å². The SMILES string of the molecule is CO[C@@]1(c2ccccc2)CCN(S(=O)(=O)c2ccccc2)C[C@@H]1O. The van der Waals surface area contributed by atoms with Gasteiger partial charge in [0.25, 0.3) is 0 Å². The van der Waals surface area contributed by atoms with Crippen LogP contribution in [0.5, 0.6) is 0 Å². The number of ether oxygens (including phenoxy) is 1. The summed E-state index contributed by atoms with van der Waals surface area (Å²) in [6.07, 6.45) is -0.557. The normalized spacial score (nSPS) is 25.5. The number of β-amino-alcohol motifs (C(OH)–C–C–N with tert-alkyl or cyclic N) is 1. The molecule has 0 amide bonds. The van der Waals surface area contributed by atoms with Crippen LogP contribution in [0.1, 0.15) is 12.0 Å². The summed E-state index contributed by atoms with van der Waals surface area (Å²) in [7, 11) is -2.06. The molecule has 1 N–H and O–H groups in total. The summed E-state index contributed by atoms with van der Waals surface area (Å²) in [5.41, 5.74) is -0.0268. The van der Waals surface area contributed by atoms with Crippen molar-refractivity contribution < 1.29 is 18.3 Å². The first-order valence-corrected chi connectivity index (χ1v) is 9.28. The summed E-state index contributed by atoms with van der Waals surface area (Å²) in [5, 5.41) is 10.7. The zero-order chi connectivity index (χ0) is 17.2. The van der Waals surface area contributed by atoms with Crippen LogP contribution in [0.4, 0.5) is 0 Å². The van der Waals surface area contributed by atoms with Crippen molar-refractivity contribution in [1.82, 2.24) is 4.31 Å². The molecule has 0 radical (unpaired) electrons. The van der Waals surface area contributed by atoms with Gasteiger partial charge in [-0.2, -0.15) is 4.31 Å². The van der Waals surface area contributed by atoms with E-state index in [4.69, 9.17) is 4.74 Å². The second-order valence-electron chi connectivity index (χ2n) is 5.90. The Bertz CT molecular complexity index is 779. The molecule has 0 aliphatic carbocycles. The maximum atomic E-state index is 12.7. The molecule has 2 atom stereocenters. The molecule has 2 aromatic carbocycles. The Labute approximate surface area is 142 Å². The molecule has 1 aliphatic heterocycles. The lowest BCUT2D eigenvalue weighted by atomic mass is 9.82. The van der Waals surface area contributed by atoms with Crippen molar-refractivity contribution in [3.63, 3.8) is 0 Å². The molecule has 0 spiro atoms. The predicted molar refractivity (Wildman–Crippen MR) is 91.0 cm³/mol. The molecule has 2 aromatic rings. The standard InChI is InChI=1S/C18H21NO4S/c1-23-18(15-8-4-2-5-9-15)12-13-19(14-17(18)20)24(21,22)16-10-6-3-7-11-16/h2-11,17,20H,12-14H2,1H3/t17-,18+/m0/s1. The number of aliphatic hydroxyl groups excluding tert-OH is 1. The smallest absolute Gasteiger partial charge is 0.243 e. The van der Waals surface area contributed by atoms with Crippen molar-refractivity contribution >= 4 is 10.0 Å². The van der Waals surface area contributed by atoms with Crippen LogP contribution in [0, 0.1) is 0 Å². The third-order valence-electron chi connectivity index (χ3n) is 4.66. The van der Waals surface area contributed by atoms with Crippen LogP contribution in [0.25, 0.3) is 0 Å². The highest BCUT2D eigenvalue weighted by molar-refractivity contribution is 7.89. The molecule has 24 heavy (non-hydrogen) atoms. The topological polar surface area (TPSA) is 66.8 Å². The van der Waals surface area contributed by atoms with Gasteiger partial charge in [0, 0.05) is 20.2 Å². The lowest BCUT2D eigenvalue weighted by molar-refractivity contribution is -0.136. The van der Waals surface area contributed by atoms with E-state index in [0.717, 1.165) is 5.56 Å². The molecule has 3 rings (SSSR count). The first-order chi connectivity index (χ1) is 11.5. The highest BCUT2D eigenvalue weighted by Gasteiger charge is 2.46. The van der Waals surface area contributed by atoms with E-state index in [9.17, 15) is 13.5 Å². The van der Waals surface area contributed by atoms with Gasteiger partial charge in [-0.15, -0.1) is 0 Å². The fourth-order valence-electron chi connectivity index (χ4n) is 3.26. The van der Waals surface area contributed by atoms with Gasteiger partial charge in [0.05, 0.1) is 4.90 Å². The Balaban J connectivity index is 1.88. The summed E-state index contributed by atoms with van der Waals surface area (Å²) >= 11 is 0. The van der Waals surface area contributed by atoms with Crippen LogP contribution < -0.4 is 0 Å². The minimum absolute atomic E-state index is 0.0000378. The van der Waals surface area contributed by atoms with Gasteiger partial charge >= 0.3 is 0 Å². The third-order valence-corrected chi connectivity index (χ3v) is 6.53. The van der Waals surface area contributed by atoms with E-state index >= 15 is 0 Å². The minimum Gasteiger partial charge on any atom is -0.388 e. The number of nitrogens with zero attached hydrogens (tertiary/aromatic N) is 1. The highest BCUT2D eigenvalue weighted by Crippen LogP contribution is 2.37. The van der Waals surface area contributed by atoms with Crippen molar-refractivity contribution in [2.75, 3.05) is 20.2 Å². The van der Waals surface area contributed by atoms with E-state index in [0.29, 0.717) is 6.42 Å². The van der Waals surface area contributed by atoms with Gasteiger partial charge in [-0.3, -0.25) is 0 Å². The van der Waals surface area contributed by atoms with Gasteiger partial charge in [0.15, 0.2) is 0 Å². The zero-order valence-electron chi connectivity index (χ0n) is 13.5. The number of methoxy groups -OCH3 is 1. The average molecular weight is 347 g/mol. The monoisotopic (exact) mass is 347 g/mol. The molecule has 5 nitrogen and oxygen atoms in total. The number of hydrogen-bond acceptors (Lipinski definition) is 4. The van der Waals surface area contributed by atoms with E-state index < -0.39 is 21.7 Å². The summed E-state index contributed by atoms with van der Waals surface area (Å²) in [6, 6.07) is 17.7. The maximum absolute atomic E-state index is 12.7. The van der Waals surface area contributed by atoms with E-state index in [1.54, 1.807) is 37.4 Å². The Hall–Kier alpha value is -1.73. The molecular weight excluding hydrogens is 326 g/mol. The number of benzene rings is 2. The van der Waals surface area contributed by atoms with Crippen molar-refractivity contribution in [3.8, 4) is 0 Å². The largest absolute Gasteiger partial charge is 0.388 e.